The van der Waals surface area contributed by atoms with Crippen LogP contribution < -0.4 is 0 Å². The summed E-state index contributed by atoms with van der Waals surface area (Å²) in [5.74, 6) is -3.54. The Bertz CT molecular complexity index is 206. The number of aliphatic carboxylic acids is 2. The third-order valence-electron chi connectivity index (χ3n) is 0.805. The molecule has 0 bridgehead atoms. The number of hydrogen-bond acceptors (Lipinski definition) is 4. The molecule has 0 aromatic carbocycles. The van der Waals surface area contributed by atoms with Crippen molar-refractivity contribution < 1.29 is 42.4 Å². The van der Waals surface area contributed by atoms with Crippen LogP contribution >= 0.6 is 37.2 Å². The average Bonchev–Trinajstić information content (AvgIpc) is 1.98. The number of hydrogen-bond donors (Lipinski definition) is 4. The van der Waals surface area contributed by atoms with E-state index in [1.54, 1.807) is 0 Å². The summed E-state index contributed by atoms with van der Waals surface area (Å²) in [7, 11) is 20.1. The standard InChI is InChI=1S/C4H6O6.4ClH.Ti/c5-1(3(7)8)2(6)4(9)10;;;;;/h1-2,5-6H,(H,7,8)(H,9,10);4*1H;/q;;;;;+4/p-4. The minimum atomic E-state index is -3.11. The third-order valence-corrected chi connectivity index (χ3v) is 0.805. The van der Waals surface area contributed by atoms with Crippen molar-refractivity contribution in [2.45, 2.75) is 12.2 Å². The summed E-state index contributed by atoms with van der Waals surface area (Å²) in [6, 6.07) is 0. The van der Waals surface area contributed by atoms with Crippen LogP contribution in [0.3, 0.4) is 0 Å². The van der Waals surface area contributed by atoms with Gasteiger partial charge in [-0.05, 0) is 0 Å². The molecule has 0 amide bonds. The second kappa shape index (κ2) is 7.92. The molecule has 4 N–H and O–H groups in total. The zero-order valence-corrected chi connectivity index (χ0v) is 11.4. The van der Waals surface area contributed by atoms with Gasteiger partial charge in [0, 0.05) is 0 Å². The molecule has 0 radical (unpaired) electrons. The molecule has 6 nitrogen and oxygen atoms in total. The predicted molar refractivity (Wildman–Crippen MR) is 50.7 cm³/mol. The molecule has 0 aliphatic heterocycles. The Morgan fingerprint density at radius 1 is 0.867 bits per heavy atom. The van der Waals surface area contributed by atoms with E-state index in [0.717, 1.165) is 0 Å². The molecule has 0 saturated carbocycles. The quantitative estimate of drug-likeness (QED) is 0.561. The van der Waals surface area contributed by atoms with Gasteiger partial charge in [-0.15, -0.1) is 0 Å². The summed E-state index contributed by atoms with van der Waals surface area (Å²) in [5.41, 5.74) is 0. The van der Waals surface area contributed by atoms with Crippen molar-refractivity contribution >= 4 is 49.2 Å². The van der Waals surface area contributed by atoms with Gasteiger partial charge in [0.25, 0.3) is 0 Å². The first-order valence-corrected chi connectivity index (χ1v) is 11.6. The van der Waals surface area contributed by atoms with Crippen molar-refractivity contribution in [1.82, 2.24) is 0 Å². The molecule has 0 fully saturated rings. The summed E-state index contributed by atoms with van der Waals surface area (Å²) < 4.78 is 0. The van der Waals surface area contributed by atoms with Crippen LogP contribution in [-0.2, 0) is 21.9 Å². The summed E-state index contributed by atoms with van der Waals surface area (Å²) in [6.07, 6.45) is -4.53. The van der Waals surface area contributed by atoms with E-state index >= 15 is 0 Å². The third kappa shape index (κ3) is 14.7. The van der Waals surface area contributed by atoms with Gasteiger partial charge in [0.15, 0.2) is 12.2 Å². The van der Waals surface area contributed by atoms with Gasteiger partial charge in [-0.25, -0.2) is 9.59 Å². The van der Waals surface area contributed by atoms with Crippen LogP contribution in [-0.4, -0.2) is 44.6 Å². The van der Waals surface area contributed by atoms with Crippen LogP contribution in [0.5, 0.6) is 0 Å². The molecule has 0 saturated heterocycles. The van der Waals surface area contributed by atoms with E-state index in [9.17, 15) is 9.59 Å². The number of halogens is 4. The Balaban J connectivity index is 0. The minimum absolute atomic E-state index is 1.77. The molecule has 0 heterocycles. The van der Waals surface area contributed by atoms with Crippen LogP contribution in [0.25, 0.3) is 0 Å². The monoisotopic (exact) mass is 338 g/mol. The van der Waals surface area contributed by atoms with Crippen molar-refractivity contribution in [3.63, 3.8) is 0 Å². The molecule has 2 unspecified atom stereocenters. The molecule has 0 aliphatic rings. The number of carbonyl (C=O) groups is 2. The van der Waals surface area contributed by atoms with Crippen molar-refractivity contribution in [2.75, 3.05) is 0 Å². The van der Waals surface area contributed by atoms with Gasteiger partial charge in [-0.1, -0.05) is 0 Å². The molecule has 0 aliphatic carbocycles. The van der Waals surface area contributed by atoms with Crippen molar-refractivity contribution in [3.05, 3.63) is 0 Å². The van der Waals surface area contributed by atoms with Gasteiger partial charge >= 0.3 is 61.5 Å². The van der Waals surface area contributed by atoms with Gasteiger partial charge in [-0.2, -0.15) is 0 Å². The zero-order valence-electron chi connectivity index (χ0n) is 6.77. The summed E-state index contributed by atoms with van der Waals surface area (Å²) >= 11 is -3.11. The molecule has 0 rings (SSSR count). The van der Waals surface area contributed by atoms with E-state index < -0.39 is 36.5 Å². The van der Waals surface area contributed by atoms with Crippen molar-refractivity contribution in [2.24, 2.45) is 0 Å². The van der Waals surface area contributed by atoms with Crippen LogP contribution in [0.4, 0.5) is 0 Å². The summed E-state index contributed by atoms with van der Waals surface area (Å²) in [4.78, 5) is 19.5. The SMILES string of the molecule is O=C(O)C(O)C(O)C(=O)O.[Cl][Ti]([Cl])([Cl])[Cl]. The number of rotatable bonds is 3. The summed E-state index contributed by atoms with van der Waals surface area (Å²) in [5, 5.41) is 32.5. The Morgan fingerprint density at radius 3 is 1.07 bits per heavy atom. The molecule has 0 aromatic rings. The van der Waals surface area contributed by atoms with Gasteiger partial charge in [0.05, 0.1) is 0 Å². The Hall–Kier alpha value is 0.734. The second-order valence-electron chi connectivity index (χ2n) is 1.99. The fourth-order valence-corrected chi connectivity index (χ4v) is 0.270. The molecular formula is C4H6Cl4O6Ti. The molecular weight excluding hydrogens is 334 g/mol. The van der Waals surface area contributed by atoms with Gasteiger partial charge in [0.2, 0.25) is 0 Å². The van der Waals surface area contributed by atoms with E-state index in [0.29, 0.717) is 0 Å². The average molecular weight is 340 g/mol. The van der Waals surface area contributed by atoms with Crippen LogP contribution in [0.2, 0.25) is 0 Å². The van der Waals surface area contributed by atoms with Crippen LogP contribution in [0, 0.1) is 0 Å². The first-order chi connectivity index (χ1) is 6.46. The van der Waals surface area contributed by atoms with Crippen molar-refractivity contribution in [1.29, 1.82) is 0 Å². The van der Waals surface area contributed by atoms with Gasteiger partial charge < -0.3 is 20.4 Å². The normalized spacial score (nSPS) is 14.5. The zero-order chi connectivity index (χ0) is 12.8. The fourth-order valence-electron chi connectivity index (χ4n) is 0.270. The van der Waals surface area contributed by atoms with Crippen molar-refractivity contribution in [3.8, 4) is 0 Å². The Kier molecular flexibility index (Phi) is 9.56. The number of aliphatic hydroxyl groups excluding tert-OH is 2. The molecule has 0 spiro atoms. The van der Waals surface area contributed by atoms with E-state index in [2.05, 4.69) is 0 Å². The number of aliphatic hydroxyl groups is 2. The first-order valence-electron chi connectivity index (χ1n) is 3.04. The number of carboxylic acid groups (broad SMARTS) is 2. The maximum atomic E-state index is 9.77. The van der Waals surface area contributed by atoms with Gasteiger partial charge in [-0.3, -0.25) is 0 Å². The molecule has 11 heteroatoms. The molecule has 2 atom stereocenters. The Morgan fingerprint density at radius 2 is 1.00 bits per heavy atom. The van der Waals surface area contributed by atoms with E-state index in [4.69, 9.17) is 57.6 Å². The molecule has 90 valence electrons. The van der Waals surface area contributed by atoms with Crippen LogP contribution in [0.15, 0.2) is 0 Å². The fraction of sp³-hybridized carbons (Fsp3) is 0.500. The van der Waals surface area contributed by atoms with E-state index in [1.165, 1.54) is 0 Å². The predicted octanol–water partition coefficient (Wildman–Crippen LogP) is 0.633. The summed E-state index contributed by atoms with van der Waals surface area (Å²) in [6.45, 7) is 0. The first kappa shape index (κ1) is 18.1. The molecule has 0 aromatic heterocycles. The molecule has 15 heavy (non-hydrogen) atoms. The van der Waals surface area contributed by atoms with Crippen LogP contribution in [0.1, 0.15) is 0 Å². The second-order valence-corrected chi connectivity index (χ2v) is 17.5. The van der Waals surface area contributed by atoms with E-state index in [1.807, 2.05) is 0 Å². The number of carboxylic acids is 2. The topological polar surface area (TPSA) is 115 Å². The Labute approximate surface area is 103 Å². The maximum absolute atomic E-state index is 9.77. The van der Waals surface area contributed by atoms with Gasteiger partial charge in [0.1, 0.15) is 0 Å². The van der Waals surface area contributed by atoms with E-state index in [-0.39, 0.29) is 0 Å².